The van der Waals surface area contributed by atoms with Crippen LogP contribution < -0.4 is 4.90 Å². The number of aromatic nitrogens is 1. The molecule has 0 aliphatic rings. The molecule has 0 aliphatic carbocycles. The summed E-state index contributed by atoms with van der Waals surface area (Å²) in [6, 6.07) is 82.9. The molecule has 10 rings (SSSR count). The van der Waals surface area contributed by atoms with Gasteiger partial charge in [-0.2, -0.15) is 0 Å². The van der Waals surface area contributed by atoms with Crippen LogP contribution in [-0.2, 0) is 0 Å². The van der Waals surface area contributed by atoms with Gasteiger partial charge in [0.2, 0.25) is 0 Å². The van der Waals surface area contributed by atoms with Crippen LogP contribution in [0.15, 0.2) is 231 Å². The molecule has 0 N–H and O–H groups in total. The molecule has 56 heavy (non-hydrogen) atoms. The molecule has 2 heteroatoms. The number of nitrogens with zero attached hydrogens (tertiary/aromatic N) is 2. The highest BCUT2D eigenvalue weighted by atomic mass is 15.1. The van der Waals surface area contributed by atoms with Crippen molar-refractivity contribution in [2.75, 3.05) is 4.90 Å². The van der Waals surface area contributed by atoms with Gasteiger partial charge in [-0.25, -0.2) is 0 Å². The van der Waals surface area contributed by atoms with E-state index in [0.29, 0.717) is 0 Å². The molecule has 0 unspecified atom stereocenters. The van der Waals surface area contributed by atoms with E-state index < -0.39 is 0 Å². The molecule has 0 radical (unpaired) electrons. The lowest BCUT2D eigenvalue weighted by Gasteiger charge is -2.30. The van der Waals surface area contributed by atoms with Crippen LogP contribution in [0.3, 0.4) is 0 Å². The average molecular weight is 715 g/mol. The highest BCUT2D eigenvalue weighted by Crippen LogP contribution is 2.45. The van der Waals surface area contributed by atoms with Gasteiger partial charge in [0.25, 0.3) is 0 Å². The Morgan fingerprint density at radius 3 is 1.30 bits per heavy atom. The summed E-state index contributed by atoms with van der Waals surface area (Å²) in [6.07, 6.45) is 0. The first-order chi connectivity index (χ1) is 27.8. The second-order valence-corrected chi connectivity index (χ2v) is 14.1. The maximum absolute atomic E-state index is 2.41. The van der Waals surface area contributed by atoms with Crippen LogP contribution in [0.2, 0.25) is 0 Å². The number of hydrogen-bond donors (Lipinski definition) is 0. The lowest BCUT2D eigenvalue weighted by Crippen LogP contribution is -2.12. The summed E-state index contributed by atoms with van der Waals surface area (Å²) < 4.78 is 2.39. The van der Waals surface area contributed by atoms with E-state index in [1.165, 1.54) is 66.3 Å². The minimum Gasteiger partial charge on any atom is -0.309 e. The van der Waals surface area contributed by atoms with E-state index >= 15 is 0 Å². The van der Waals surface area contributed by atoms with Crippen LogP contribution in [0, 0.1) is 0 Å². The van der Waals surface area contributed by atoms with Gasteiger partial charge in [-0.1, -0.05) is 176 Å². The van der Waals surface area contributed by atoms with E-state index in [1.807, 2.05) is 0 Å². The topological polar surface area (TPSA) is 8.17 Å². The summed E-state index contributed by atoms with van der Waals surface area (Å²) in [5.74, 6) is 0. The van der Waals surface area contributed by atoms with Gasteiger partial charge in [0.15, 0.2) is 0 Å². The van der Waals surface area contributed by atoms with Crippen molar-refractivity contribution in [1.29, 1.82) is 0 Å². The van der Waals surface area contributed by atoms with Gasteiger partial charge in [-0.3, -0.25) is 0 Å². The predicted octanol–water partition coefficient (Wildman–Crippen LogP) is 14.9. The SMILES string of the molecule is c1ccc(-c2ccc3c(c2)c2ccccc2n3-c2ccc(-c3ccc(N(c4ccccc4-c4ccccc4)c4ccccc4-c4ccccc4)cc3)cc2)cc1. The summed E-state index contributed by atoms with van der Waals surface area (Å²) in [5.41, 5.74) is 16.4. The minimum absolute atomic E-state index is 1.09. The van der Waals surface area contributed by atoms with E-state index in [4.69, 9.17) is 0 Å². The predicted molar refractivity (Wildman–Crippen MR) is 237 cm³/mol. The Bertz CT molecular complexity index is 2840. The molecule has 0 amide bonds. The van der Waals surface area contributed by atoms with Crippen LogP contribution in [-0.4, -0.2) is 4.57 Å². The van der Waals surface area contributed by atoms with E-state index in [0.717, 1.165) is 22.7 Å². The van der Waals surface area contributed by atoms with E-state index in [9.17, 15) is 0 Å². The van der Waals surface area contributed by atoms with E-state index in [-0.39, 0.29) is 0 Å². The zero-order valence-corrected chi connectivity index (χ0v) is 30.8. The molecule has 264 valence electrons. The molecule has 0 atom stereocenters. The molecule has 2 nitrogen and oxygen atoms in total. The van der Waals surface area contributed by atoms with Crippen LogP contribution >= 0.6 is 0 Å². The normalized spacial score (nSPS) is 11.2. The van der Waals surface area contributed by atoms with Crippen molar-refractivity contribution in [2.24, 2.45) is 0 Å². The first-order valence-electron chi connectivity index (χ1n) is 19.2. The van der Waals surface area contributed by atoms with Crippen LogP contribution in [0.5, 0.6) is 0 Å². The van der Waals surface area contributed by atoms with Crippen LogP contribution in [0.4, 0.5) is 17.1 Å². The van der Waals surface area contributed by atoms with Crippen LogP contribution in [0.25, 0.3) is 72.0 Å². The molecular weight excluding hydrogens is 677 g/mol. The van der Waals surface area contributed by atoms with Gasteiger partial charge < -0.3 is 9.47 Å². The quantitative estimate of drug-likeness (QED) is 0.152. The smallest absolute Gasteiger partial charge is 0.0541 e. The maximum atomic E-state index is 2.41. The fourth-order valence-electron chi connectivity index (χ4n) is 8.14. The van der Waals surface area contributed by atoms with E-state index in [2.05, 4.69) is 240 Å². The molecule has 0 saturated carbocycles. The van der Waals surface area contributed by atoms with E-state index in [1.54, 1.807) is 0 Å². The molecular formula is C54H38N2. The fourth-order valence-corrected chi connectivity index (χ4v) is 8.14. The average Bonchev–Trinajstić information content (AvgIpc) is 3.62. The molecule has 9 aromatic carbocycles. The summed E-state index contributed by atoms with van der Waals surface area (Å²) in [6.45, 7) is 0. The second kappa shape index (κ2) is 14.4. The summed E-state index contributed by atoms with van der Waals surface area (Å²) in [5, 5.41) is 2.51. The second-order valence-electron chi connectivity index (χ2n) is 14.1. The minimum atomic E-state index is 1.09. The Balaban J connectivity index is 1.04. The van der Waals surface area contributed by atoms with Crippen molar-refractivity contribution in [3.63, 3.8) is 0 Å². The Hall–Kier alpha value is -7.42. The number of hydrogen-bond acceptors (Lipinski definition) is 1. The lowest BCUT2D eigenvalue weighted by molar-refractivity contribution is 1.18. The maximum Gasteiger partial charge on any atom is 0.0541 e. The molecule has 1 aromatic heterocycles. The van der Waals surface area contributed by atoms with Gasteiger partial charge in [-0.15, -0.1) is 0 Å². The third-order valence-corrected chi connectivity index (χ3v) is 10.8. The molecule has 0 saturated heterocycles. The van der Waals surface area contributed by atoms with Crippen molar-refractivity contribution in [2.45, 2.75) is 0 Å². The first-order valence-corrected chi connectivity index (χ1v) is 19.2. The largest absolute Gasteiger partial charge is 0.309 e. The summed E-state index contributed by atoms with van der Waals surface area (Å²) >= 11 is 0. The number of benzene rings is 9. The number of rotatable bonds is 8. The molecule has 1 heterocycles. The molecule has 0 spiro atoms. The first kappa shape index (κ1) is 33.2. The summed E-state index contributed by atoms with van der Waals surface area (Å²) in [4.78, 5) is 2.41. The lowest BCUT2D eigenvalue weighted by atomic mass is 9.98. The Morgan fingerprint density at radius 1 is 0.286 bits per heavy atom. The van der Waals surface area contributed by atoms with Crippen molar-refractivity contribution in [1.82, 2.24) is 4.57 Å². The third-order valence-electron chi connectivity index (χ3n) is 10.8. The number of anilines is 3. The zero-order valence-electron chi connectivity index (χ0n) is 30.8. The molecule has 10 aromatic rings. The van der Waals surface area contributed by atoms with Crippen LogP contribution in [0.1, 0.15) is 0 Å². The number of para-hydroxylation sites is 3. The summed E-state index contributed by atoms with van der Waals surface area (Å²) in [7, 11) is 0. The highest BCUT2D eigenvalue weighted by molar-refractivity contribution is 6.10. The molecule has 0 aliphatic heterocycles. The van der Waals surface area contributed by atoms with Crippen molar-refractivity contribution in [3.8, 4) is 50.2 Å². The fraction of sp³-hybridized carbons (Fsp3) is 0. The highest BCUT2D eigenvalue weighted by Gasteiger charge is 2.20. The monoisotopic (exact) mass is 714 g/mol. The Kier molecular flexibility index (Phi) is 8.55. The Morgan fingerprint density at radius 2 is 0.714 bits per heavy atom. The Labute approximate surface area is 327 Å². The van der Waals surface area contributed by atoms with Crippen molar-refractivity contribution < 1.29 is 0 Å². The van der Waals surface area contributed by atoms with Gasteiger partial charge >= 0.3 is 0 Å². The zero-order chi connectivity index (χ0) is 37.3. The van der Waals surface area contributed by atoms with Crippen molar-refractivity contribution >= 4 is 38.9 Å². The molecule has 0 bridgehead atoms. The van der Waals surface area contributed by atoms with Gasteiger partial charge in [0.05, 0.1) is 22.4 Å². The number of fused-ring (bicyclic) bond motifs is 3. The van der Waals surface area contributed by atoms with Crippen molar-refractivity contribution in [3.05, 3.63) is 231 Å². The molecule has 0 fully saturated rings. The van der Waals surface area contributed by atoms with Gasteiger partial charge in [0, 0.05) is 33.3 Å². The van der Waals surface area contributed by atoms with Gasteiger partial charge in [-0.05, 0) is 88.0 Å². The van der Waals surface area contributed by atoms with Gasteiger partial charge in [0.1, 0.15) is 0 Å². The standard InChI is InChI=1S/C54H38N2/c1-4-16-39(17-5-1)44-32-37-54-50(38-44)49-24-12-15-27-53(49)56(54)46-35-30-41(31-36-46)40-28-33-45(34-29-40)55(51-25-13-10-22-47(51)42-18-6-2-7-19-42)52-26-14-11-23-48(52)43-20-8-3-9-21-43/h1-38H. The third kappa shape index (κ3) is 6.04.